The Morgan fingerprint density at radius 2 is 1.71 bits per heavy atom. The van der Waals surface area contributed by atoms with Gasteiger partial charge in [-0.05, 0) is 42.0 Å². The van der Waals surface area contributed by atoms with Crippen molar-refractivity contribution in [1.29, 1.82) is 0 Å². The highest BCUT2D eigenvalue weighted by molar-refractivity contribution is 6.31. The molecule has 3 aromatic rings. The number of carbonyl (C=O) groups is 1. The predicted molar refractivity (Wildman–Crippen MR) is 102 cm³/mol. The largest absolute Gasteiger partial charge is 0.488 e. The fourth-order valence-corrected chi connectivity index (χ4v) is 2.70. The van der Waals surface area contributed by atoms with Crippen LogP contribution in [-0.4, -0.2) is 5.91 Å². The second-order valence-electron chi connectivity index (χ2n) is 5.95. The number of nitrogens with one attached hydrogen (secondary N) is 1. The lowest BCUT2D eigenvalue weighted by Crippen LogP contribution is -2.16. The highest BCUT2D eigenvalue weighted by Crippen LogP contribution is 2.33. The van der Waals surface area contributed by atoms with Crippen LogP contribution in [0.2, 0.25) is 5.02 Å². The number of amides is 1. The lowest BCUT2D eigenvalue weighted by atomic mass is 10.1. The quantitative estimate of drug-likeness (QED) is 0.549. The molecule has 0 aliphatic rings. The molecule has 3 aromatic carbocycles. The highest BCUT2D eigenvalue weighted by Gasteiger charge is 2.32. The first kappa shape index (κ1) is 19.8. The van der Waals surface area contributed by atoms with E-state index in [2.05, 4.69) is 5.32 Å². The van der Waals surface area contributed by atoms with Crippen molar-refractivity contribution < 1.29 is 22.7 Å². The summed E-state index contributed by atoms with van der Waals surface area (Å²) in [5, 5.41) is 2.94. The van der Waals surface area contributed by atoms with Gasteiger partial charge in [-0.3, -0.25) is 4.79 Å². The summed E-state index contributed by atoms with van der Waals surface area (Å²) in [6, 6.07) is 18.2. The van der Waals surface area contributed by atoms with Gasteiger partial charge in [-0.25, -0.2) is 0 Å². The minimum absolute atomic E-state index is 0.0522. The van der Waals surface area contributed by atoms with Gasteiger partial charge in [0.05, 0.1) is 11.1 Å². The molecule has 1 N–H and O–H groups in total. The Labute approximate surface area is 164 Å². The standard InChI is InChI=1S/C21H15ClF3NO2/c22-16-7-4-8-17(12-16)26-20(27)18-11-15(21(23,24)25)9-10-19(18)28-13-14-5-2-1-3-6-14/h1-12H,13H2,(H,26,27). The summed E-state index contributed by atoms with van der Waals surface area (Å²) < 4.78 is 44.9. The third-order valence-electron chi connectivity index (χ3n) is 3.87. The summed E-state index contributed by atoms with van der Waals surface area (Å²) in [5.74, 6) is -0.673. The Morgan fingerprint density at radius 3 is 2.39 bits per heavy atom. The molecule has 0 spiro atoms. The Hall–Kier alpha value is -2.99. The van der Waals surface area contributed by atoms with Crippen molar-refractivity contribution >= 4 is 23.2 Å². The third kappa shape index (κ3) is 5.04. The second kappa shape index (κ2) is 8.35. The molecule has 1 amide bonds. The van der Waals surface area contributed by atoms with E-state index in [0.717, 1.165) is 23.8 Å². The number of hydrogen-bond donors (Lipinski definition) is 1. The van der Waals surface area contributed by atoms with Crippen LogP contribution in [-0.2, 0) is 12.8 Å². The van der Waals surface area contributed by atoms with Crippen molar-refractivity contribution in [3.05, 3.63) is 94.5 Å². The maximum absolute atomic E-state index is 13.1. The van der Waals surface area contributed by atoms with E-state index >= 15 is 0 Å². The molecule has 0 unspecified atom stereocenters. The molecule has 0 fully saturated rings. The van der Waals surface area contributed by atoms with Gasteiger partial charge in [0.15, 0.2) is 0 Å². The number of benzene rings is 3. The van der Waals surface area contributed by atoms with Gasteiger partial charge in [0.2, 0.25) is 0 Å². The van der Waals surface area contributed by atoms with Crippen LogP contribution in [0.3, 0.4) is 0 Å². The average Bonchev–Trinajstić information content (AvgIpc) is 2.66. The van der Waals surface area contributed by atoms with Crippen LogP contribution in [0.15, 0.2) is 72.8 Å². The van der Waals surface area contributed by atoms with E-state index in [4.69, 9.17) is 16.3 Å². The molecular weight excluding hydrogens is 391 g/mol. The molecule has 0 aliphatic carbocycles. The number of carbonyl (C=O) groups excluding carboxylic acids is 1. The van der Waals surface area contributed by atoms with Crippen molar-refractivity contribution in [3.8, 4) is 5.75 Å². The van der Waals surface area contributed by atoms with E-state index in [9.17, 15) is 18.0 Å². The lowest BCUT2D eigenvalue weighted by molar-refractivity contribution is -0.137. The minimum Gasteiger partial charge on any atom is -0.488 e. The first-order valence-corrected chi connectivity index (χ1v) is 8.65. The van der Waals surface area contributed by atoms with Crippen LogP contribution >= 0.6 is 11.6 Å². The third-order valence-corrected chi connectivity index (χ3v) is 4.11. The smallest absolute Gasteiger partial charge is 0.416 e. The second-order valence-corrected chi connectivity index (χ2v) is 6.38. The maximum atomic E-state index is 13.1. The number of rotatable bonds is 5. The minimum atomic E-state index is -4.58. The molecule has 0 bridgehead atoms. The van der Waals surface area contributed by atoms with E-state index in [1.165, 1.54) is 6.07 Å². The van der Waals surface area contributed by atoms with Crippen molar-refractivity contribution in [2.75, 3.05) is 5.32 Å². The van der Waals surface area contributed by atoms with Crippen molar-refractivity contribution in [2.24, 2.45) is 0 Å². The van der Waals surface area contributed by atoms with Gasteiger partial charge >= 0.3 is 6.18 Å². The molecule has 3 nitrogen and oxygen atoms in total. The van der Waals surface area contributed by atoms with E-state index in [-0.39, 0.29) is 17.9 Å². The predicted octanol–water partition coefficient (Wildman–Crippen LogP) is 6.19. The number of halogens is 4. The van der Waals surface area contributed by atoms with Gasteiger partial charge in [0, 0.05) is 10.7 Å². The summed E-state index contributed by atoms with van der Waals surface area (Å²) >= 11 is 5.88. The van der Waals surface area contributed by atoms with Crippen molar-refractivity contribution in [1.82, 2.24) is 0 Å². The van der Waals surface area contributed by atoms with Crippen LogP contribution in [0.5, 0.6) is 5.75 Å². The van der Waals surface area contributed by atoms with Crippen LogP contribution in [0, 0.1) is 0 Å². The van der Waals surface area contributed by atoms with Crippen LogP contribution in [0.25, 0.3) is 0 Å². The summed E-state index contributed by atoms with van der Waals surface area (Å²) in [5.41, 5.74) is 0.0362. The van der Waals surface area contributed by atoms with Gasteiger partial charge in [0.1, 0.15) is 12.4 Å². The number of anilines is 1. The Bertz CT molecular complexity index is 975. The van der Waals surface area contributed by atoms with Gasteiger partial charge < -0.3 is 10.1 Å². The zero-order chi connectivity index (χ0) is 20.1. The maximum Gasteiger partial charge on any atom is 0.416 e. The van der Waals surface area contributed by atoms with Gasteiger partial charge in [-0.15, -0.1) is 0 Å². The Morgan fingerprint density at radius 1 is 0.964 bits per heavy atom. The number of ether oxygens (including phenoxy) is 1. The van der Waals surface area contributed by atoms with E-state index in [1.54, 1.807) is 18.2 Å². The topological polar surface area (TPSA) is 38.3 Å². The van der Waals surface area contributed by atoms with Crippen LogP contribution < -0.4 is 10.1 Å². The van der Waals surface area contributed by atoms with Crippen molar-refractivity contribution in [2.45, 2.75) is 12.8 Å². The fourth-order valence-electron chi connectivity index (χ4n) is 2.51. The molecular formula is C21H15ClF3NO2. The SMILES string of the molecule is O=C(Nc1cccc(Cl)c1)c1cc(C(F)(F)F)ccc1OCc1ccccc1. The first-order chi connectivity index (χ1) is 13.3. The Kier molecular flexibility index (Phi) is 5.90. The van der Waals surface area contributed by atoms with E-state index in [1.807, 2.05) is 30.3 Å². The van der Waals surface area contributed by atoms with E-state index in [0.29, 0.717) is 10.7 Å². The summed E-state index contributed by atoms with van der Waals surface area (Å²) in [4.78, 5) is 12.6. The molecule has 28 heavy (non-hydrogen) atoms. The molecule has 0 saturated carbocycles. The first-order valence-electron chi connectivity index (χ1n) is 8.28. The molecule has 0 atom stereocenters. The monoisotopic (exact) mass is 405 g/mol. The molecule has 7 heteroatoms. The van der Waals surface area contributed by atoms with Gasteiger partial charge in [0.25, 0.3) is 5.91 Å². The summed E-state index contributed by atoms with van der Waals surface area (Å²) in [6.45, 7) is 0.115. The summed E-state index contributed by atoms with van der Waals surface area (Å²) in [6.07, 6.45) is -4.58. The molecule has 0 heterocycles. The fraction of sp³-hybridized carbons (Fsp3) is 0.0952. The normalized spacial score (nSPS) is 11.1. The van der Waals surface area contributed by atoms with E-state index < -0.39 is 17.6 Å². The molecule has 3 rings (SSSR count). The van der Waals surface area contributed by atoms with Crippen LogP contribution in [0.1, 0.15) is 21.5 Å². The van der Waals surface area contributed by atoms with Gasteiger partial charge in [-0.2, -0.15) is 13.2 Å². The van der Waals surface area contributed by atoms with Gasteiger partial charge in [-0.1, -0.05) is 48.0 Å². The molecule has 0 aliphatic heterocycles. The van der Waals surface area contributed by atoms with Crippen LogP contribution in [0.4, 0.5) is 18.9 Å². The zero-order valence-electron chi connectivity index (χ0n) is 14.5. The summed E-state index contributed by atoms with van der Waals surface area (Å²) in [7, 11) is 0. The molecule has 0 aromatic heterocycles. The molecule has 0 saturated heterocycles. The number of hydrogen-bond acceptors (Lipinski definition) is 2. The highest BCUT2D eigenvalue weighted by atomic mass is 35.5. The molecule has 144 valence electrons. The average molecular weight is 406 g/mol. The molecule has 0 radical (unpaired) electrons. The zero-order valence-corrected chi connectivity index (χ0v) is 15.2. The lowest BCUT2D eigenvalue weighted by Gasteiger charge is -2.15. The Balaban J connectivity index is 1.89. The van der Waals surface area contributed by atoms with Crippen molar-refractivity contribution in [3.63, 3.8) is 0 Å². The number of alkyl halides is 3.